The number of rotatable bonds is 21. The van der Waals surface area contributed by atoms with Crippen LogP contribution >= 0.6 is 0 Å². The normalized spacial score (nSPS) is 15.4. The number of nitrogens with two attached hydrogens (primary N) is 1. The van der Waals surface area contributed by atoms with Gasteiger partial charge in [0, 0.05) is 17.8 Å². The highest BCUT2D eigenvalue weighted by Gasteiger charge is 2.37. The van der Waals surface area contributed by atoms with Gasteiger partial charge in [-0.25, -0.2) is 9.78 Å². The van der Waals surface area contributed by atoms with Crippen LogP contribution in [0.1, 0.15) is 88.6 Å². The van der Waals surface area contributed by atoms with Crippen LogP contribution in [0.2, 0.25) is 0 Å². The summed E-state index contributed by atoms with van der Waals surface area (Å²) in [7, 11) is 1.22. The summed E-state index contributed by atoms with van der Waals surface area (Å²) in [5.74, 6) is -6.59. The fourth-order valence-corrected chi connectivity index (χ4v) is 6.29. The molecule has 0 spiro atoms. The van der Waals surface area contributed by atoms with Gasteiger partial charge in [-0.15, -0.1) is 0 Å². The molecule has 0 radical (unpaired) electrons. The van der Waals surface area contributed by atoms with Crippen LogP contribution in [0.25, 0.3) is 11.0 Å². The average Bonchev–Trinajstić information content (AvgIpc) is 3.55. The maximum atomic E-state index is 13.8. The van der Waals surface area contributed by atoms with E-state index in [0.717, 1.165) is 10.9 Å². The summed E-state index contributed by atoms with van der Waals surface area (Å²) in [5, 5.41) is 17.3. The number of pyridine rings is 1. The van der Waals surface area contributed by atoms with Crippen LogP contribution in [0, 0.1) is 35.5 Å². The fraction of sp³-hybridized carbons (Fsp3) is 0.659. The van der Waals surface area contributed by atoms with Crippen LogP contribution in [0.15, 0.2) is 24.5 Å². The Morgan fingerprint density at radius 2 is 0.897 bits per heavy atom. The van der Waals surface area contributed by atoms with Crippen molar-refractivity contribution < 1.29 is 38.3 Å². The minimum absolute atomic E-state index is 0.197. The van der Waals surface area contributed by atoms with E-state index in [1.54, 1.807) is 102 Å². The molecular weight excluding hydrogens is 747 g/mol. The Hall–Kier alpha value is -5.06. The summed E-state index contributed by atoms with van der Waals surface area (Å²) in [6.45, 7) is 20.9. The van der Waals surface area contributed by atoms with E-state index in [1.165, 1.54) is 7.11 Å². The summed E-state index contributed by atoms with van der Waals surface area (Å²) in [6.07, 6.45) is 3.59. The number of methoxy groups -OCH3 is 1. The van der Waals surface area contributed by atoms with Gasteiger partial charge in [0.05, 0.1) is 13.2 Å². The van der Waals surface area contributed by atoms with Gasteiger partial charge >= 0.3 is 5.97 Å². The molecule has 17 nitrogen and oxygen atoms in total. The maximum Gasteiger partial charge on any atom is 0.328 e. The molecule has 17 heteroatoms. The first kappa shape index (κ1) is 49.1. The first-order valence-corrected chi connectivity index (χ1v) is 20.1. The summed E-state index contributed by atoms with van der Waals surface area (Å²) >= 11 is 0. The third-order valence-electron chi connectivity index (χ3n) is 9.97. The second kappa shape index (κ2) is 22.2. The molecule has 58 heavy (non-hydrogen) atoms. The first-order chi connectivity index (χ1) is 27.0. The lowest BCUT2D eigenvalue weighted by molar-refractivity contribution is -0.147. The van der Waals surface area contributed by atoms with Crippen molar-refractivity contribution in [3.8, 4) is 0 Å². The monoisotopic (exact) mass is 814 g/mol. The van der Waals surface area contributed by atoms with Crippen molar-refractivity contribution in [1.82, 2.24) is 41.9 Å². The van der Waals surface area contributed by atoms with Gasteiger partial charge in [0.2, 0.25) is 35.4 Å². The molecule has 0 bridgehead atoms. The number of ether oxygens (including phenoxy) is 1. The quantitative estimate of drug-likeness (QED) is 0.0842. The lowest BCUT2D eigenvalue weighted by atomic mass is 9.96. The largest absolute Gasteiger partial charge is 0.467 e. The molecule has 2 heterocycles. The number of aromatic amines is 1. The second-order valence-corrected chi connectivity index (χ2v) is 16.9. The smallest absolute Gasteiger partial charge is 0.328 e. The Kier molecular flexibility index (Phi) is 18.8. The summed E-state index contributed by atoms with van der Waals surface area (Å²) < 4.78 is 4.83. The van der Waals surface area contributed by atoms with Crippen LogP contribution in [0.4, 0.5) is 0 Å². The van der Waals surface area contributed by atoms with Crippen LogP contribution in [0.5, 0.6) is 0 Å². The van der Waals surface area contributed by atoms with Crippen molar-refractivity contribution >= 4 is 52.4 Å². The molecule has 2 aromatic rings. The van der Waals surface area contributed by atoms with E-state index in [1.807, 2.05) is 6.07 Å². The topological polar surface area (TPSA) is 256 Å². The molecule has 9 N–H and O–H groups in total. The number of nitrogens with one attached hydrogen (secondary N) is 7. The fourth-order valence-electron chi connectivity index (χ4n) is 6.29. The van der Waals surface area contributed by atoms with E-state index in [0.29, 0.717) is 5.65 Å². The summed E-state index contributed by atoms with van der Waals surface area (Å²) in [6, 6.07) is -3.63. The van der Waals surface area contributed by atoms with Crippen molar-refractivity contribution in [3.05, 3.63) is 30.1 Å². The predicted octanol–water partition coefficient (Wildman–Crippen LogP) is 1.45. The highest BCUT2D eigenvalue weighted by Crippen LogP contribution is 2.18. The molecule has 0 saturated carbocycles. The molecule has 2 aromatic heterocycles. The number of fused-ring (bicyclic) bond motifs is 1. The Morgan fingerprint density at radius 1 is 0.569 bits per heavy atom. The van der Waals surface area contributed by atoms with Crippen LogP contribution < -0.4 is 37.6 Å². The zero-order valence-electron chi connectivity index (χ0n) is 36.3. The number of H-pyrrole nitrogens is 1. The third kappa shape index (κ3) is 13.5. The van der Waals surface area contributed by atoms with Crippen molar-refractivity contribution in [3.63, 3.8) is 0 Å². The van der Waals surface area contributed by atoms with E-state index in [2.05, 4.69) is 41.9 Å². The zero-order chi connectivity index (χ0) is 44.2. The SMILES string of the molecule is COC(=O)[C@@H](NC(=O)[C@@H](NC(=O)[C@@H](NC(=O)[C@@H](NC(=O)[C@@H](NC(=O)[C@@H](NC(=O)[C@@H](N)Cc1c[nH]c2ncccc12)C(C)C)C(C)C)C(C)C)C(C)C)C(C)C)C(C)C. The van der Waals surface area contributed by atoms with Crippen LogP contribution in [-0.4, -0.2) is 101 Å². The van der Waals surface area contributed by atoms with Gasteiger partial charge < -0.3 is 47.4 Å². The number of hydrogen-bond donors (Lipinski definition) is 8. The molecule has 324 valence electrons. The Morgan fingerprint density at radius 3 is 1.22 bits per heavy atom. The van der Waals surface area contributed by atoms with E-state index in [9.17, 15) is 33.6 Å². The highest BCUT2D eigenvalue weighted by atomic mass is 16.5. The van der Waals surface area contributed by atoms with Gasteiger partial charge in [0.25, 0.3) is 0 Å². The maximum absolute atomic E-state index is 13.8. The second-order valence-electron chi connectivity index (χ2n) is 16.9. The van der Waals surface area contributed by atoms with Crippen LogP contribution in [0.3, 0.4) is 0 Å². The van der Waals surface area contributed by atoms with E-state index in [-0.39, 0.29) is 24.2 Å². The van der Waals surface area contributed by atoms with Crippen LogP contribution in [-0.2, 0) is 44.7 Å². The van der Waals surface area contributed by atoms with Crippen molar-refractivity contribution in [1.29, 1.82) is 0 Å². The Bertz CT molecular complexity index is 1740. The first-order valence-electron chi connectivity index (χ1n) is 20.1. The van der Waals surface area contributed by atoms with Gasteiger partial charge in [-0.1, -0.05) is 83.1 Å². The average molecular weight is 814 g/mol. The van der Waals surface area contributed by atoms with Gasteiger partial charge in [0.1, 0.15) is 41.9 Å². The molecule has 0 saturated heterocycles. The molecule has 0 aliphatic rings. The Balaban J connectivity index is 2.18. The minimum atomic E-state index is -1.12. The summed E-state index contributed by atoms with van der Waals surface area (Å²) in [4.78, 5) is 101. The minimum Gasteiger partial charge on any atom is -0.467 e. The number of hydrogen-bond acceptors (Lipinski definition) is 10. The molecule has 6 amide bonds. The number of esters is 1. The van der Waals surface area contributed by atoms with E-state index >= 15 is 0 Å². The molecule has 7 atom stereocenters. The van der Waals surface area contributed by atoms with E-state index in [4.69, 9.17) is 10.5 Å². The molecule has 0 unspecified atom stereocenters. The van der Waals surface area contributed by atoms with Crippen molar-refractivity contribution in [2.75, 3.05) is 7.11 Å². The molecule has 0 aliphatic heterocycles. The van der Waals surface area contributed by atoms with Gasteiger partial charge in [-0.05, 0) is 59.6 Å². The lowest BCUT2D eigenvalue weighted by Gasteiger charge is -2.31. The highest BCUT2D eigenvalue weighted by molar-refractivity contribution is 5.97. The number of carbonyl (C=O) groups excluding carboxylic acids is 7. The van der Waals surface area contributed by atoms with Gasteiger partial charge in [-0.3, -0.25) is 28.8 Å². The molecule has 0 fully saturated rings. The number of carbonyl (C=O) groups is 7. The van der Waals surface area contributed by atoms with E-state index < -0.39 is 101 Å². The predicted molar refractivity (Wildman–Crippen MR) is 220 cm³/mol. The molecule has 2 rings (SSSR count). The number of amides is 6. The van der Waals surface area contributed by atoms with Gasteiger partial charge in [-0.2, -0.15) is 0 Å². The molecule has 0 aromatic carbocycles. The van der Waals surface area contributed by atoms with Crippen molar-refractivity contribution in [2.24, 2.45) is 41.2 Å². The number of aromatic nitrogens is 2. The van der Waals surface area contributed by atoms with Gasteiger partial charge in [0.15, 0.2) is 0 Å². The molecular formula is C41H67N9O8. The standard InChI is InChI=1S/C41H67N9O8/c1-19(2)28(45-35(51)27(42)17-25-18-44-34-26(25)15-14-16-43-34)36(52)46-29(20(3)4)37(53)47-30(21(5)6)38(54)48-31(22(7)8)39(55)49-32(23(9)10)40(56)50-33(24(11)12)41(57)58-13/h14-16,18-24,27-33H,17,42H2,1-13H3,(H,43,44)(H,45,51)(H,46,52)(H,47,53)(H,48,54)(H,49,55)(H,50,56)/t27-,28-,29-,30-,31-,32-,33-/m0/s1. The summed E-state index contributed by atoms with van der Waals surface area (Å²) in [5.41, 5.74) is 7.75. The Labute approximate surface area is 342 Å². The lowest BCUT2D eigenvalue weighted by Crippen LogP contribution is -2.62. The zero-order valence-corrected chi connectivity index (χ0v) is 36.3. The van der Waals surface area contributed by atoms with Crippen molar-refractivity contribution in [2.45, 2.75) is 132 Å². The third-order valence-corrected chi connectivity index (χ3v) is 9.97. The molecule has 0 aliphatic carbocycles. The number of nitrogens with zero attached hydrogens (tertiary/aromatic N) is 1.